The number of aliphatic imine (C=N–C) groups is 1. The number of nitrogens with zero attached hydrogens (tertiary/aromatic N) is 3. The molecule has 0 fully saturated rings. The highest BCUT2D eigenvalue weighted by molar-refractivity contribution is 7.11. The zero-order valence-electron chi connectivity index (χ0n) is 15.2. The van der Waals surface area contributed by atoms with Gasteiger partial charge in [-0.25, -0.2) is 15.0 Å². The summed E-state index contributed by atoms with van der Waals surface area (Å²) in [5, 5.41) is 7.62. The monoisotopic (exact) mass is 369 g/mol. The minimum Gasteiger partial charge on any atom is -0.444 e. The maximum Gasteiger partial charge on any atom is 0.226 e. The van der Waals surface area contributed by atoms with E-state index >= 15 is 0 Å². The second kappa shape index (κ2) is 8.62. The van der Waals surface area contributed by atoms with Crippen molar-refractivity contribution in [1.82, 2.24) is 20.6 Å². The summed E-state index contributed by atoms with van der Waals surface area (Å²) in [6.45, 7) is 8.05. The number of aryl methyl sites for hydroxylation is 2. The summed E-state index contributed by atoms with van der Waals surface area (Å²) < 4.78 is 5.59. The standard InChI is InChI=1S/C19H23N5OS/c1-4-20-19(23-11-17-10-21-14(3)26-17)22-9-16-12-25-18(24-16)15-7-5-13(2)6-8-15/h5-8,10,12H,4,9,11H2,1-3H3,(H2,20,22,23). The molecule has 7 heteroatoms. The molecule has 0 spiro atoms. The Morgan fingerprint density at radius 2 is 2.00 bits per heavy atom. The van der Waals surface area contributed by atoms with Crippen molar-refractivity contribution in [2.45, 2.75) is 33.9 Å². The van der Waals surface area contributed by atoms with Crippen LogP contribution in [0.25, 0.3) is 11.5 Å². The topological polar surface area (TPSA) is 75.3 Å². The molecule has 0 bridgehead atoms. The van der Waals surface area contributed by atoms with Gasteiger partial charge in [0.15, 0.2) is 5.96 Å². The van der Waals surface area contributed by atoms with Crippen molar-refractivity contribution in [3.8, 4) is 11.5 Å². The quantitative estimate of drug-likeness (QED) is 0.512. The molecule has 2 heterocycles. The Labute approximate surface area is 157 Å². The second-order valence-electron chi connectivity index (χ2n) is 5.90. The summed E-state index contributed by atoms with van der Waals surface area (Å²) in [6.07, 6.45) is 3.55. The molecule has 0 radical (unpaired) electrons. The summed E-state index contributed by atoms with van der Waals surface area (Å²) >= 11 is 1.68. The average molecular weight is 369 g/mol. The molecule has 0 aliphatic carbocycles. The SMILES string of the molecule is CCNC(=NCc1coc(-c2ccc(C)cc2)n1)NCc1cnc(C)s1. The van der Waals surface area contributed by atoms with Gasteiger partial charge in [-0.15, -0.1) is 11.3 Å². The lowest BCUT2D eigenvalue weighted by atomic mass is 10.1. The van der Waals surface area contributed by atoms with E-state index < -0.39 is 0 Å². The molecular formula is C19H23N5OS. The van der Waals surface area contributed by atoms with Crippen molar-refractivity contribution in [2.75, 3.05) is 6.54 Å². The molecule has 3 rings (SSSR count). The van der Waals surface area contributed by atoms with E-state index in [4.69, 9.17) is 4.42 Å². The van der Waals surface area contributed by atoms with Gasteiger partial charge in [-0.1, -0.05) is 17.7 Å². The Morgan fingerprint density at radius 1 is 1.19 bits per heavy atom. The van der Waals surface area contributed by atoms with Gasteiger partial charge in [-0.2, -0.15) is 0 Å². The molecule has 0 aliphatic heterocycles. The molecule has 1 aromatic carbocycles. The molecule has 0 unspecified atom stereocenters. The predicted octanol–water partition coefficient (Wildman–Crippen LogP) is 3.67. The first-order valence-corrected chi connectivity index (χ1v) is 9.40. The normalized spacial score (nSPS) is 11.6. The number of aromatic nitrogens is 2. The molecule has 2 aromatic heterocycles. The van der Waals surface area contributed by atoms with E-state index in [0.717, 1.165) is 28.8 Å². The van der Waals surface area contributed by atoms with E-state index in [-0.39, 0.29) is 0 Å². The van der Waals surface area contributed by atoms with Crippen LogP contribution in [0.5, 0.6) is 0 Å². The maximum absolute atomic E-state index is 5.59. The van der Waals surface area contributed by atoms with Crippen LogP contribution in [0.15, 0.2) is 46.1 Å². The lowest BCUT2D eigenvalue weighted by molar-refractivity contribution is 0.572. The van der Waals surface area contributed by atoms with E-state index in [9.17, 15) is 0 Å². The fourth-order valence-corrected chi connectivity index (χ4v) is 3.10. The highest BCUT2D eigenvalue weighted by atomic mass is 32.1. The van der Waals surface area contributed by atoms with Gasteiger partial charge in [0, 0.05) is 23.2 Å². The minimum absolute atomic E-state index is 0.451. The molecule has 2 N–H and O–H groups in total. The summed E-state index contributed by atoms with van der Waals surface area (Å²) in [5.41, 5.74) is 2.98. The lowest BCUT2D eigenvalue weighted by Gasteiger charge is -2.09. The van der Waals surface area contributed by atoms with Crippen molar-refractivity contribution in [3.05, 3.63) is 57.9 Å². The molecule has 3 aromatic rings. The van der Waals surface area contributed by atoms with E-state index in [1.165, 1.54) is 10.4 Å². The third kappa shape index (κ3) is 4.92. The number of oxazole rings is 1. The van der Waals surface area contributed by atoms with Crippen LogP contribution in [0.3, 0.4) is 0 Å². The number of thiazole rings is 1. The number of guanidine groups is 1. The van der Waals surface area contributed by atoms with Crippen LogP contribution in [0.2, 0.25) is 0 Å². The third-order valence-electron chi connectivity index (χ3n) is 3.69. The van der Waals surface area contributed by atoms with Crippen LogP contribution in [-0.2, 0) is 13.1 Å². The predicted molar refractivity (Wildman–Crippen MR) is 105 cm³/mol. The van der Waals surface area contributed by atoms with Crippen molar-refractivity contribution in [2.24, 2.45) is 4.99 Å². The third-order valence-corrected chi connectivity index (χ3v) is 4.61. The Kier molecular flexibility index (Phi) is 6.01. The van der Waals surface area contributed by atoms with Crippen molar-refractivity contribution >= 4 is 17.3 Å². The zero-order chi connectivity index (χ0) is 18.4. The van der Waals surface area contributed by atoms with Gasteiger partial charge < -0.3 is 15.1 Å². The van der Waals surface area contributed by atoms with Crippen molar-refractivity contribution in [3.63, 3.8) is 0 Å². The van der Waals surface area contributed by atoms with Gasteiger partial charge in [0.2, 0.25) is 5.89 Å². The highest BCUT2D eigenvalue weighted by Gasteiger charge is 2.07. The zero-order valence-corrected chi connectivity index (χ0v) is 16.1. The van der Waals surface area contributed by atoms with Gasteiger partial charge in [-0.05, 0) is 32.9 Å². The van der Waals surface area contributed by atoms with Gasteiger partial charge in [0.05, 0.1) is 18.1 Å². The first-order chi connectivity index (χ1) is 12.6. The van der Waals surface area contributed by atoms with Crippen molar-refractivity contribution < 1.29 is 4.42 Å². The molecule has 0 saturated heterocycles. The Balaban J connectivity index is 1.62. The molecule has 6 nitrogen and oxygen atoms in total. The Morgan fingerprint density at radius 3 is 2.69 bits per heavy atom. The largest absolute Gasteiger partial charge is 0.444 e. The van der Waals surface area contributed by atoms with Gasteiger partial charge in [0.25, 0.3) is 0 Å². The summed E-state index contributed by atoms with van der Waals surface area (Å²) in [5.74, 6) is 1.37. The minimum atomic E-state index is 0.451. The van der Waals surface area contributed by atoms with E-state index in [1.54, 1.807) is 17.6 Å². The maximum atomic E-state index is 5.59. The molecule has 136 valence electrons. The number of nitrogens with one attached hydrogen (secondary N) is 2. The summed E-state index contributed by atoms with van der Waals surface area (Å²) in [4.78, 5) is 14.6. The van der Waals surface area contributed by atoms with Crippen molar-refractivity contribution in [1.29, 1.82) is 0 Å². The van der Waals surface area contributed by atoms with E-state index in [2.05, 4.69) is 32.5 Å². The number of hydrogen-bond donors (Lipinski definition) is 2. The fourth-order valence-electron chi connectivity index (χ4n) is 2.37. The number of benzene rings is 1. The van der Waals surface area contributed by atoms with Gasteiger partial charge >= 0.3 is 0 Å². The lowest BCUT2D eigenvalue weighted by Crippen LogP contribution is -2.36. The number of rotatable bonds is 6. The van der Waals surface area contributed by atoms with Crippen LogP contribution in [0.1, 0.15) is 28.1 Å². The highest BCUT2D eigenvalue weighted by Crippen LogP contribution is 2.19. The first kappa shape index (κ1) is 18.1. The summed E-state index contributed by atoms with van der Waals surface area (Å²) in [6, 6.07) is 8.12. The van der Waals surface area contributed by atoms with Crippen LogP contribution < -0.4 is 10.6 Å². The van der Waals surface area contributed by atoms with Crippen LogP contribution in [0, 0.1) is 13.8 Å². The van der Waals surface area contributed by atoms with Crippen LogP contribution >= 0.6 is 11.3 Å². The van der Waals surface area contributed by atoms with Crippen LogP contribution in [0.4, 0.5) is 0 Å². The molecular weight excluding hydrogens is 346 g/mol. The average Bonchev–Trinajstić information content (AvgIpc) is 3.27. The Bertz CT molecular complexity index is 866. The van der Waals surface area contributed by atoms with E-state index in [1.807, 2.05) is 44.3 Å². The molecule has 0 atom stereocenters. The molecule has 0 aliphatic rings. The van der Waals surface area contributed by atoms with Gasteiger partial charge in [-0.3, -0.25) is 0 Å². The van der Waals surface area contributed by atoms with E-state index in [0.29, 0.717) is 19.0 Å². The molecule has 26 heavy (non-hydrogen) atoms. The Hall–Kier alpha value is -2.67. The second-order valence-corrected chi connectivity index (χ2v) is 7.22. The van der Waals surface area contributed by atoms with Gasteiger partial charge in [0.1, 0.15) is 12.0 Å². The smallest absolute Gasteiger partial charge is 0.226 e. The first-order valence-electron chi connectivity index (χ1n) is 8.59. The molecule has 0 amide bonds. The summed E-state index contributed by atoms with van der Waals surface area (Å²) in [7, 11) is 0. The number of hydrogen-bond acceptors (Lipinski definition) is 5. The molecule has 0 saturated carbocycles. The fraction of sp³-hybridized carbons (Fsp3) is 0.316. The van der Waals surface area contributed by atoms with Crippen LogP contribution in [-0.4, -0.2) is 22.5 Å².